The summed E-state index contributed by atoms with van der Waals surface area (Å²) >= 11 is 0. The summed E-state index contributed by atoms with van der Waals surface area (Å²) in [5.74, 6) is 0.427. The van der Waals surface area contributed by atoms with E-state index in [2.05, 4.69) is 12.5 Å². The minimum absolute atomic E-state index is 0.0227. The zero-order chi connectivity index (χ0) is 14.4. The first kappa shape index (κ1) is 14.3. The van der Waals surface area contributed by atoms with Gasteiger partial charge < -0.3 is 9.64 Å². The average Bonchev–Trinajstić information content (AvgIpc) is 2.48. The summed E-state index contributed by atoms with van der Waals surface area (Å²) < 4.78 is 5.38. The Morgan fingerprint density at radius 1 is 1.40 bits per heavy atom. The fourth-order valence-corrected chi connectivity index (χ4v) is 1.98. The van der Waals surface area contributed by atoms with Crippen LogP contribution in [-0.4, -0.2) is 50.7 Å². The lowest BCUT2D eigenvalue weighted by molar-refractivity contribution is -0.884. The third kappa shape index (κ3) is 4.23. The minimum Gasteiger partial charge on any atom is -0.484 e. The van der Waals surface area contributed by atoms with Crippen molar-refractivity contribution >= 4 is 5.91 Å². The van der Waals surface area contributed by atoms with Gasteiger partial charge in [-0.3, -0.25) is 10.2 Å². The summed E-state index contributed by atoms with van der Waals surface area (Å²) in [7, 11) is 2.15. The van der Waals surface area contributed by atoms with E-state index in [1.54, 1.807) is 24.3 Å². The van der Waals surface area contributed by atoms with E-state index in [0.717, 1.165) is 26.2 Å². The topological polar surface area (TPSA) is 69.8 Å². The van der Waals surface area contributed by atoms with Gasteiger partial charge in [0.05, 0.1) is 44.9 Å². The summed E-state index contributed by atoms with van der Waals surface area (Å²) in [4.78, 5) is 13.2. The monoisotopic (exact) mass is 275 g/mol. The van der Waals surface area contributed by atoms with E-state index in [9.17, 15) is 4.79 Å². The number of ether oxygens (including phenoxy) is 1. The van der Waals surface area contributed by atoms with Crippen molar-refractivity contribution < 1.29 is 14.4 Å². The number of benzene rings is 1. The number of carbonyl (C=O) groups excluding carboxylic acids is 1. The first-order chi connectivity index (χ1) is 9.67. The van der Waals surface area contributed by atoms with Crippen LogP contribution < -0.4 is 15.1 Å². The Morgan fingerprint density at radius 3 is 2.65 bits per heavy atom. The van der Waals surface area contributed by atoms with Gasteiger partial charge in [-0.2, -0.15) is 5.26 Å². The molecule has 0 unspecified atom stereocenters. The van der Waals surface area contributed by atoms with Crippen LogP contribution in [0.15, 0.2) is 24.3 Å². The molecule has 1 saturated heterocycles. The Balaban J connectivity index is 1.73. The number of amides is 1. The molecule has 0 saturated carbocycles. The van der Waals surface area contributed by atoms with E-state index in [-0.39, 0.29) is 12.5 Å². The maximum absolute atomic E-state index is 11.8. The van der Waals surface area contributed by atoms with E-state index >= 15 is 0 Å². The van der Waals surface area contributed by atoms with Gasteiger partial charge in [-0.25, -0.2) is 5.01 Å². The molecule has 2 N–H and O–H groups in total. The summed E-state index contributed by atoms with van der Waals surface area (Å²) in [6, 6.07) is 8.73. The van der Waals surface area contributed by atoms with Crippen LogP contribution in [0, 0.1) is 11.3 Å². The summed E-state index contributed by atoms with van der Waals surface area (Å²) in [5, 5.41) is 10.6. The van der Waals surface area contributed by atoms with Gasteiger partial charge in [0.25, 0.3) is 5.91 Å². The Labute approximate surface area is 118 Å². The van der Waals surface area contributed by atoms with Crippen molar-refractivity contribution in [1.29, 1.82) is 5.26 Å². The van der Waals surface area contributed by atoms with Crippen molar-refractivity contribution in [3.63, 3.8) is 0 Å². The lowest BCUT2D eigenvalue weighted by Gasteiger charge is -2.29. The van der Waals surface area contributed by atoms with E-state index < -0.39 is 0 Å². The summed E-state index contributed by atoms with van der Waals surface area (Å²) in [6.07, 6.45) is 0. The number of hydrogen-bond acceptors (Lipinski definition) is 4. The highest BCUT2D eigenvalue weighted by Crippen LogP contribution is 2.11. The van der Waals surface area contributed by atoms with Crippen molar-refractivity contribution in [3.05, 3.63) is 29.8 Å². The zero-order valence-corrected chi connectivity index (χ0v) is 11.6. The highest BCUT2D eigenvalue weighted by Gasteiger charge is 2.18. The fraction of sp³-hybridized carbons (Fsp3) is 0.429. The maximum atomic E-state index is 11.8. The molecule has 1 fully saturated rings. The van der Waals surface area contributed by atoms with Gasteiger partial charge in [0.1, 0.15) is 5.75 Å². The molecule has 6 nitrogen and oxygen atoms in total. The van der Waals surface area contributed by atoms with Crippen molar-refractivity contribution in [1.82, 2.24) is 10.4 Å². The zero-order valence-electron chi connectivity index (χ0n) is 11.6. The van der Waals surface area contributed by atoms with Crippen LogP contribution >= 0.6 is 0 Å². The molecular weight excluding hydrogens is 256 g/mol. The number of nitrogens with one attached hydrogen (secondary N) is 2. The maximum Gasteiger partial charge on any atom is 0.272 e. The molecule has 106 valence electrons. The minimum atomic E-state index is -0.158. The smallest absolute Gasteiger partial charge is 0.272 e. The third-order valence-corrected chi connectivity index (χ3v) is 3.25. The number of carbonyl (C=O) groups is 1. The molecule has 1 amide bonds. The van der Waals surface area contributed by atoms with E-state index in [1.807, 2.05) is 11.1 Å². The molecule has 0 aromatic heterocycles. The molecule has 20 heavy (non-hydrogen) atoms. The third-order valence-electron chi connectivity index (χ3n) is 3.25. The van der Waals surface area contributed by atoms with Crippen LogP contribution in [0.1, 0.15) is 5.56 Å². The summed E-state index contributed by atoms with van der Waals surface area (Å²) in [5.41, 5.74) is 3.41. The number of nitriles is 1. The molecule has 0 aliphatic carbocycles. The Hall–Kier alpha value is -2.10. The second-order valence-electron chi connectivity index (χ2n) is 4.90. The fourth-order valence-electron chi connectivity index (χ4n) is 1.98. The van der Waals surface area contributed by atoms with Gasteiger partial charge in [-0.15, -0.1) is 0 Å². The molecule has 1 aromatic carbocycles. The van der Waals surface area contributed by atoms with Gasteiger partial charge in [0.2, 0.25) is 0 Å². The molecule has 0 radical (unpaired) electrons. The van der Waals surface area contributed by atoms with Crippen LogP contribution in [0.3, 0.4) is 0 Å². The molecule has 1 aromatic rings. The molecule has 2 rings (SSSR count). The normalized spacial score (nSPS) is 16.4. The van der Waals surface area contributed by atoms with Crippen molar-refractivity contribution in [2.75, 3.05) is 39.8 Å². The molecule has 0 atom stereocenters. The van der Waals surface area contributed by atoms with Crippen LogP contribution in [0.4, 0.5) is 0 Å². The van der Waals surface area contributed by atoms with Gasteiger partial charge in [-0.1, -0.05) is 0 Å². The number of likely N-dealkylation sites (N-methyl/N-ethyl adjacent to an activating group) is 1. The molecule has 1 aliphatic heterocycles. The molecule has 6 heteroatoms. The van der Waals surface area contributed by atoms with E-state index in [4.69, 9.17) is 10.00 Å². The number of hydrogen-bond donors (Lipinski definition) is 2. The van der Waals surface area contributed by atoms with Crippen LogP contribution in [0.2, 0.25) is 0 Å². The molecule has 0 spiro atoms. The van der Waals surface area contributed by atoms with Crippen molar-refractivity contribution in [2.45, 2.75) is 0 Å². The van der Waals surface area contributed by atoms with Crippen molar-refractivity contribution in [3.8, 4) is 11.8 Å². The SMILES string of the molecule is C[NH+]1CCN(NC(=O)COc2ccc(C#N)cc2)CC1. The second kappa shape index (κ2) is 6.89. The van der Waals surface area contributed by atoms with E-state index in [0.29, 0.717) is 11.3 Å². The number of rotatable bonds is 4. The molecular formula is C14H19N4O2+. The molecule has 0 bridgehead atoms. The predicted octanol–water partition coefficient (Wildman–Crippen LogP) is -1.20. The number of piperazine rings is 1. The predicted molar refractivity (Wildman–Crippen MR) is 73.0 cm³/mol. The first-order valence-corrected chi connectivity index (χ1v) is 6.66. The van der Waals surface area contributed by atoms with Gasteiger partial charge in [0.15, 0.2) is 6.61 Å². The van der Waals surface area contributed by atoms with Crippen molar-refractivity contribution in [2.24, 2.45) is 0 Å². The highest BCUT2D eigenvalue weighted by atomic mass is 16.5. The Bertz CT molecular complexity index is 487. The lowest BCUT2D eigenvalue weighted by atomic mass is 10.2. The summed E-state index contributed by atoms with van der Waals surface area (Å²) in [6.45, 7) is 3.74. The molecule has 1 aliphatic rings. The molecule has 1 heterocycles. The number of hydrazine groups is 1. The van der Waals surface area contributed by atoms with E-state index in [1.165, 1.54) is 4.90 Å². The first-order valence-electron chi connectivity index (χ1n) is 6.66. The van der Waals surface area contributed by atoms with Crippen LogP contribution in [0.25, 0.3) is 0 Å². The van der Waals surface area contributed by atoms with Gasteiger partial charge >= 0.3 is 0 Å². The standard InChI is InChI=1S/C14H18N4O2/c1-17-6-8-18(9-7-17)16-14(19)11-20-13-4-2-12(10-15)3-5-13/h2-5H,6-9,11H2,1H3,(H,16,19)/p+1. The van der Waals surface area contributed by atoms with Gasteiger partial charge in [-0.05, 0) is 24.3 Å². The number of quaternary nitrogens is 1. The van der Waals surface area contributed by atoms with Gasteiger partial charge in [0, 0.05) is 0 Å². The van der Waals surface area contributed by atoms with Crippen LogP contribution in [0.5, 0.6) is 5.75 Å². The second-order valence-corrected chi connectivity index (χ2v) is 4.90. The number of nitrogens with zero attached hydrogens (tertiary/aromatic N) is 2. The lowest BCUT2D eigenvalue weighted by Crippen LogP contribution is -3.12. The Morgan fingerprint density at radius 2 is 2.05 bits per heavy atom. The quantitative estimate of drug-likeness (QED) is 0.724. The Kier molecular flexibility index (Phi) is 4.93. The largest absolute Gasteiger partial charge is 0.484 e. The average molecular weight is 275 g/mol. The highest BCUT2D eigenvalue weighted by molar-refractivity contribution is 5.77. The van der Waals surface area contributed by atoms with Crippen LogP contribution in [-0.2, 0) is 4.79 Å².